The van der Waals surface area contributed by atoms with Crippen molar-refractivity contribution in [3.8, 4) is 0 Å². The van der Waals surface area contributed by atoms with Crippen molar-refractivity contribution in [3.05, 3.63) is 64.5 Å². The Morgan fingerprint density at radius 1 is 1.15 bits per heavy atom. The molecule has 0 saturated carbocycles. The van der Waals surface area contributed by atoms with Crippen molar-refractivity contribution in [2.24, 2.45) is 5.73 Å². The second-order valence-electron chi connectivity index (χ2n) is 6.56. The predicted molar refractivity (Wildman–Crippen MR) is 103 cm³/mol. The molecule has 1 aromatic carbocycles. The second kappa shape index (κ2) is 7.16. The molecule has 0 bridgehead atoms. The van der Waals surface area contributed by atoms with E-state index in [1.54, 1.807) is 18.3 Å². The number of hydrogen-bond donors (Lipinski definition) is 2. The molecular formula is C19H20N6O2. The van der Waals surface area contributed by atoms with Gasteiger partial charge in [-0.1, -0.05) is 12.1 Å². The molecule has 1 aliphatic rings. The number of amides is 1. The number of nitrogens with one attached hydrogen (secondary N) is 1. The van der Waals surface area contributed by atoms with Crippen LogP contribution < -0.4 is 16.2 Å². The first-order chi connectivity index (χ1) is 13.1. The number of aromatic amines is 1. The molecule has 1 fully saturated rings. The van der Waals surface area contributed by atoms with Gasteiger partial charge in [-0.2, -0.15) is 0 Å². The Kier molecular flexibility index (Phi) is 4.55. The fourth-order valence-corrected chi connectivity index (χ4v) is 3.34. The lowest BCUT2D eigenvalue weighted by molar-refractivity contribution is 0.0995. The van der Waals surface area contributed by atoms with Crippen molar-refractivity contribution in [1.29, 1.82) is 0 Å². The first-order valence-electron chi connectivity index (χ1n) is 8.81. The first kappa shape index (κ1) is 17.2. The number of carbonyl (C=O) groups excluding carboxylic acids is 1. The third-order valence-corrected chi connectivity index (χ3v) is 4.77. The van der Waals surface area contributed by atoms with Crippen LogP contribution >= 0.6 is 0 Å². The van der Waals surface area contributed by atoms with E-state index in [-0.39, 0.29) is 11.3 Å². The third kappa shape index (κ3) is 3.65. The highest BCUT2D eigenvalue weighted by Crippen LogP contribution is 2.17. The number of nitrogens with two attached hydrogens (primary N) is 1. The highest BCUT2D eigenvalue weighted by atomic mass is 16.1. The highest BCUT2D eigenvalue weighted by molar-refractivity contribution is 5.91. The van der Waals surface area contributed by atoms with Crippen molar-refractivity contribution in [1.82, 2.24) is 19.9 Å². The first-order valence-corrected chi connectivity index (χ1v) is 8.81. The van der Waals surface area contributed by atoms with E-state index < -0.39 is 5.91 Å². The van der Waals surface area contributed by atoms with Crippen LogP contribution in [0.1, 0.15) is 16.3 Å². The van der Waals surface area contributed by atoms with E-state index in [2.05, 4.69) is 24.8 Å². The van der Waals surface area contributed by atoms with Crippen LogP contribution in [0.15, 0.2) is 47.4 Å². The van der Waals surface area contributed by atoms with E-state index in [0.717, 1.165) is 31.9 Å². The number of nitrogens with zero attached hydrogens (tertiary/aromatic N) is 4. The average molecular weight is 364 g/mol. The van der Waals surface area contributed by atoms with Crippen molar-refractivity contribution in [2.45, 2.75) is 6.54 Å². The van der Waals surface area contributed by atoms with Gasteiger partial charge in [-0.25, -0.2) is 4.98 Å². The lowest BCUT2D eigenvalue weighted by atomic mass is 10.2. The van der Waals surface area contributed by atoms with Crippen LogP contribution in [0, 0.1) is 0 Å². The summed E-state index contributed by atoms with van der Waals surface area (Å²) in [4.78, 5) is 39.4. The Bertz CT molecular complexity index is 1040. The molecule has 27 heavy (non-hydrogen) atoms. The minimum absolute atomic E-state index is 0.106. The van der Waals surface area contributed by atoms with Gasteiger partial charge in [-0.3, -0.25) is 19.5 Å². The van der Waals surface area contributed by atoms with Gasteiger partial charge < -0.3 is 15.6 Å². The van der Waals surface area contributed by atoms with Gasteiger partial charge in [0.15, 0.2) is 0 Å². The zero-order chi connectivity index (χ0) is 18.8. The molecule has 8 nitrogen and oxygen atoms in total. The molecule has 2 aromatic heterocycles. The standard InChI is InChI=1S/C19H20N6O2/c20-18(26)16-11-13(5-6-21-16)25-9-7-24(8-10-25)12-17-22-15-4-2-1-3-14(15)19(27)23-17/h1-6,11H,7-10,12H2,(H2,20,26)(H,22,23,27). The minimum Gasteiger partial charge on any atom is -0.369 e. The largest absolute Gasteiger partial charge is 0.369 e. The molecule has 138 valence electrons. The predicted octanol–water partition coefficient (Wildman–Crippen LogP) is 0.739. The van der Waals surface area contributed by atoms with Crippen LogP contribution in [0.5, 0.6) is 0 Å². The Balaban J connectivity index is 1.43. The number of benzene rings is 1. The van der Waals surface area contributed by atoms with Crippen LogP contribution in [0.3, 0.4) is 0 Å². The number of hydrogen-bond acceptors (Lipinski definition) is 6. The van der Waals surface area contributed by atoms with Crippen LogP contribution in [0.2, 0.25) is 0 Å². The number of H-pyrrole nitrogens is 1. The fourth-order valence-electron chi connectivity index (χ4n) is 3.34. The van der Waals surface area contributed by atoms with E-state index in [0.29, 0.717) is 23.3 Å². The molecule has 3 N–H and O–H groups in total. The second-order valence-corrected chi connectivity index (χ2v) is 6.56. The number of rotatable bonds is 4. The Morgan fingerprint density at radius 3 is 2.70 bits per heavy atom. The van der Waals surface area contributed by atoms with Gasteiger partial charge in [0.05, 0.1) is 17.4 Å². The lowest BCUT2D eigenvalue weighted by Gasteiger charge is -2.35. The quantitative estimate of drug-likeness (QED) is 0.707. The van der Waals surface area contributed by atoms with E-state index >= 15 is 0 Å². The number of primary amides is 1. The smallest absolute Gasteiger partial charge is 0.267 e. The zero-order valence-corrected chi connectivity index (χ0v) is 14.8. The SMILES string of the molecule is NC(=O)c1cc(N2CCN(Cc3nc4ccccc4c(=O)[nH]3)CC2)ccn1. The van der Waals surface area contributed by atoms with Crippen LogP contribution in [-0.2, 0) is 6.54 Å². The van der Waals surface area contributed by atoms with E-state index in [9.17, 15) is 9.59 Å². The normalized spacial score (nSPS) is 15.2. The summed E-state index contributed by atoms with van der Waals surface area (Å²) in [5.41, 5.74) is 7.13. The minimum atomic E-state index is -0.526. The summed E-state index contributed by atoms with van der Waals surface area (Å²) in [7, 11) is 0. The van der Waals surface area contributed by atoms with Crippen LogP contribution in [0.4, 0.5) is 5.69 Å². The van der Waals surface area contributed by atoms with Crippen LogP contribution in [0.25, 0.3) is 10.9 Å². The summed E-state index contributed by atoms with van der Waals surface area (Å²) in [6.45, 7) is 3.85. The molecule has 3 heterocycles. The molecule has 1 amide bonds. The lowest BCUT2D eigenvalue weighted by Crippen LogP contribution is -2.46. The van der Waals surface area contributed by atoms with Gasteiger partial charge in [0.1, 0.15) is 11.5 Å². The number of pyridine rings is 1. The topological polar surface area (TPSA) is 108 Å². The summed E-state index contributed by atoms with van der Waals surface area (Å²) in [5, 5.41) is 0.606. The number of aromatic nitrogens is 3. The van der Waals surface area contributed by atoms with Crippen molar-refractivity contribution in [3.63, 3.8) is 0 Å². The van der Waals surface area contributed by atoms with Crippen molar-refractivity contribution >= 4 is 22.5 Å². The van der Waals surface area contributed by atoms with Crippen LogP contribution in [-0.4, -0.2) is 51.9 Å². The Morgan fingerprint density at radius 2 is 1.93 bits per heavy atom. The molecule has 0 aliphatic carbocycles. The maximum atomic E-state index is 12.2. The zero-order valence-electron chi connectivity index (χ0n) is 14.8. The molecule has 8 heteroatoms. The molecule has 1 saturated heterocycles. The number of fused-ring (bicyclic) bond motifs is 1. The molecule has 0 radical (unpaired) electrons. The van der Waals surface area contributed by atoms with Crippen molar-refractivity contribution in [2.75, 3.05) is 31.1 Å². The molecule has 0 unspecified atom stereocenters. The maximum Gasteiger partial charge on any atom is 0.267 e. The van der Waals surface area contributed by atoms with Gasteiger partial charge in [0.2, 0.25) is 0 Å². The molecule has 4 rings (SSSR count). The molecule has 0 atom stereocenters. The number of piperazine rings is 1. The third-order valence-electron chi connectivity index (χ3n) is 4.77. The van der Waals surface area contributed by atoms with E-state index in [1.807, 2.05) is 24.3 Å². The van der Waals surface area contributed by atoms with E-state index in [4.69, 9.17) is 5.73 Å². The summed E-state index contributed by atoms with van der Waals surface area (Å²) >= 11 is 0. The molecule has 0 spiro atoms. The molecular weight excluding hydrogens is 344 g/mol. The molecule has 1 aliphatic heterocycles. The molecule has 3 aromatic rings. The average Bonchev–Trinajstić information content (AvgIpc) is 2.69. The van der Waals surface area contributed by atoms with Gasteiger partial charge in [0.25, 0.3) is 11.5 Å². The Hall–Kier alpha value is -3.26. The van der Waals surface area contributed by atoms with Gasteiger partial charge >= 0.3 is 0 Å². The maximum absolute atomic E-state index is 12.2. The number of para-hydroxylation sites is 1. The highest BCUT2D eigenvalue weighted by Gasteiger charge is 2.19. The van der Waals surface area contributed by atoms with Gasteiger partial charge in [-0.15, -0.1) is 0 Å². The number of anilines is 1. The summed E-state index contributed by atoms with van der Waals surface area (Å²) in [6, 6.07) is 10.9. The summed E-state index contributed by atoms with van der Waals surface area (Å²) in [5.74, 6) is 0.147. The summed E-state index contributed by atoms with van der Waals surface area (Å²) in [6.07, 6.45) is 1.60. The fraction of sp³-hybridized carbons (Fsp3) is 0.263. The van der Waals surface area contributed by atoms with Gasteiger partial charge in [-0.05, 0) is 24.3 Å². The van der Waals surface area contributed by atoms with Gasteiger partial charge in [0, 0.05) is 38.1 Å². The van der Waals surface area contributed by atoms with Crippen molar-refractivity contribution < 1.29 is 4.79 Å². The summed E-state index contributed by atoms with van der Waals surface area (Å²) < 4.78 is 0. The number of carbonyl (C=O) groups is 1. The van der Waals surface area contributed by atoms with E-state index in [1.165, 1.54) is 0 Å². The Labute approximate surface area is 155 Å². The monoisotopic (exact) mass is 364 g/mol.